The largest absolute Gasteiger partial charge is 0.480 e. The SMILES string of the molecule is C[C@H](NC(=O)CCN1CCSC1=O)C(=O)O. The van der Waals surface area contributed by atoms with Crippen molar-refractivity contribution in [3.05, 3.63) is 0 Å². The maximum Gasteiger partial charge on any atom is 0.325 e. The Morgan fingerprint density at radius 1 is 1.62 bits per heavy atom. The Balaban J connectivity index is 2.24. The van der Waals surface area contributed by atoms with Crippen LogP contribution in [0.4, 0.5) is 4.79 Å². The molecule has 0 radical (unpaired) electrons. The van der Waals surface area contributed by atoms with Crippen molar-refractivity contribution in [2.75, 3.05) is 18.8 Å². The zero-order chi connectivity index (χ0) is 12.1. The van der Waals surface area contributed by atoms with Gasteiger partial charge in [-0.25, -0.2) is 0 Å². The molecule has 1 rings (SSSR count). The molecule has 0 aromatic rings. The van der Waals surface area contributed by atoms with E-state index in [9.17, 15) is 14.4 Å². The number of carbonyl (C=O) groups is 3. The van der Waals surface area contributed by atoms with E-state index in [0.717, 1.165) is 5.75 Å². The predicted octanol–water partition coefficient (Wildman–Crippen LogP) is 0.135. The van der Waals surface area contributed by atoms with Crippen LogP contribution in [0.25, 0.3) is 0 Å². The van der Waals surface area contributed by atoms with Crippen LogP contribution in [-0.4, -0.2) is 52.0 Å². The number of carbonyl (C=O) groups excluding carboxylic acids is 2. The lowest BCUT2D eigenvalue weighted by atomic mass is 10.3. The highest BCUT2D eigenvalue weighted by molar-refractivity contribution is 8.13. The van der Waals surface area contributed by atoms with E-state index in [4.69, 9.17) is 5.11 Å². The van der Waals surface area contributed by atoms with Crippen LogP contribution in [0.5, 0.6) is 0 Å². The highest BCUT2D eigenvalue weighted by Crippen LogP contribution is 2.16. The Bertz CT molecular complexity index is 308. The number of amides is 2. The zero-order valence-corrected chi connectivity index (χ0v) is 9.75. The van der Waals surface area contributed by atoms with Crippen molar-refractivity contribution in [3.63, 3.8) is 0 Å². The summed E-state index contributed by atoms with van der Waals surface area (Å²) in [6, 6.07) is -0.892. The summed E-state index contributed by atoms with van der Waals surface area (Å²) in [5.74, 6) is -0.660. The number of rotatable bonds is 5. The predicted molar refractivity (Wildman–Crippen MR) is 59.3 cm³/mol. The first-order chi connectivity index (χ1) is 7.50. The molecule has 1 saturated heterocycles. The normalized spacial score (nSPS) is 17.3. The van der Waals surface area contributed by atoms with Gasteiger partial charge in [0.15, 0.2) is 0 Å². The number of nitrogens with one attached hydrogen (secondary N) is 1. The van der Waals surface area contributed by atoms with E-state index in [0.29, 0.717) is 13.1 Å². The lowest BCUT2D eigenvalue weighted by Crippen LogP contribution is -2.40. The van der Waals surface area contributed by atoms with Crippen molar-refractivity contribution in [3.8, 4) is 0 Å². The Hall–Kier alpha value is -1.24. The Morgan fingerprint density at radius 3 is 2.81 bits per heavy atom. The third-order valence-electron chi connectivity index (χ3n) is 2.20. The maximum atomic E-state index is 11.3. The van der Waals surface area contributed by atoms with Crippen molar-refractivity contribution < 1.29 is 19.5 Å². The van der Waals surface area contributed by atoms with Gasteiger partial charge in [-0.05, 0) is 6.92 Å². The van der Waals surface area contributed by atoms with E-state index in [1.807, 2.05) is 0 Å². The van der Waals surface area contributed by atoms with E-state index in [2.05, 4.69) is 5.32 Å². The monoisotopic (exact) mass is 246 g/mol. The summed E-state index contributed by atoms with van der Waals surface area (Å²) in [6.45, 7) is 2.41. The summed E-state index contributed by atoms with van der Waals surface area (Å²) in [6.07, 6.45) is 0.143. The molecule has 0 aromatic carbocycles. The van der Waals surface area contributed by atoms with Crippen molar-refractivity contribution in [2.24, 2.45) is 0 Å². The lowest BCUT2D eigenvalue weighted by molar-refractivity contribution is -0.141. The van der Waals surface area contributed by atoms with Crippen LogP contribution in [-0.2, 0) is 9.59 Å². The average Bonchev–Trinajstić information content (AvgIpc) is 2.61. The molecule has 1 heterocycles. The van der Waals surface area contributed by atoms with Gasteiger partial charge in [-0.2, -0.15) is 0 Å². The van der Waals surface area contributed by atoms with Crippen molar-refractivity contribution in [1.29, 1.82) is 0 Å². The zero-order valence-electron chi connectivity index (χ0n) is 8.93. The molecule has 7 heteroatoms. The standard InChI is InChI=1S/C9H14N2O4S/c1-6(8(13)14)10-7(12)2-3-11-4-5-16-9(11)15/h6H,2-5H2,1H3,(H,10,12)(H,13,14)/t6-/m0/s1. The molecule has 6 nitrogen and oxygen atoms in total. The summed E-state index contributed by atoms with van der Waals surface area (Å²) < 4.78 is 0. The van der Waals surface area contributed by atoms with Crippen LogP contribution in [0, 0.1) is 0 Å². The number of carboxylic acid groups (broad SMARTS) is 1. The topological polar surface area (TPSA) is 86.7 Å². The highest BCUT2D eigenvalue weighted by Gasteiger charge is 2.22. The second-order valence-corrected chi connectivity index (χ2v) is 4.53. The number of hydrogen-bond acceptors (Lipinski definition) is 4. The number of nitrogens with zero attached hydrogens (tertiary/aromatic N) is 1. The molecular weight excluding hydrogens is 232 g/mol. The first kappa shape index (κ1) is 12.8. The minimum Gasteiger partial charge on any atom is -0.480 e. The molecule has 0 unspecified atom stereocenters. The van der Waals surface area contributed by atoms with Crippen LogP contribution >= 0.6 is 11.8 Å². The molecule has 0 spiro atoms. The maximum absolute atomic E-state index is 11.3. The van der Waals surface area contributed by atoms with E-state index < -0.39 is 12.0 Å². The summed E-state index contributed by atoms with van der Waals surface area (Å²) in [5.41, 5.74) is 0. The fraction of sp³-hybridized carbons (Fsp3) is 0.667. The Labute approximate surface area is 97.4 Å². The summed E-state index contributed by atoms with van der Waals surface area (Å²) in [7, 11) is 0. The molecule has 0 bridgehead atoms. The van der Waals surface area contributed by atoms with Gasteiger partial charge in [0.05, 0.1) is 0 Å². The van der Waals surface area contributed by atoms with Gasteiger partial charge >= 0.3 is 5.97 Å². The average molecular weight is 246 g/mol. The number of carboxylic acids is 1. The molecule has 2 N–H and O–H groups in total. The molecule has 1 aliphatic heterocycles. The molecule has 1 fully saturated rings. The first-order valence-electron chi connectivity index (χ1n) is 4.94. The molecule has 1 atom stereocenters. The van der Waals surface area contributed by atoms with Gasteiger partial charge in [-0.3, -0.25) is 14.4 Å². The van der Waals surface area contributed by atoms with Gasteiger partial charge < -0.3 is 15.3 Å². The van der Waals surface area contributed by atoms with Crippen LogP contribution in [0.2, 0.25) is 0 Å². The second-order valence-electron chi connectivity index (χ2n) is 3.48. The number of aliphatic carboxylic acids is 1. The van der Waals surface area contributed by atoms with Gasteiger partial charge in [0, 0.05) is 25.3 Å². The highest BCUT2D eigenvalue weighted by atomic mass is 32.2. The lowest BCUT2D eigenvalue weighted by Gasteiger charge is -2.14. The van der Waals surface area contributed by atoms with Gasteiger partial charge in [-0.1, -0.05) is 11.8 Å². The van der Waals surface area contributed by atoms with Crippen LogP contribution in [0.15, 0.2) is 0 Å². The molecule has 0 saturated carbocycles. The minimum atomic E-state index is -1.07. The third-order valence-corrected chi connectivity index (χ3v) is 3.09. The fourth-order valence-corrected chi connectivity index (χ4v) is 2.09. The Kier molecular flexibility index (Phi) is 4.60. The molecular formula is C9H14N2O4S. The van der Waals surface area contributed by atoms with E-state index in [1.54, 1.807) is 4.90 Å². The van der Waals surface area contributed by atoms with Crippen molar-refractivity contribution in [1.82, 2.24) is 10.2 Å². The smallest absolute Gasteiger partial charge is 0.325 e. The molecule has 2 amide bonds. The molecule has 16 heavy (non-hydrogen) atoms. The van der Waals surface area contributed by atoms with Gasteiger partial charge in [-0.15, -0.1) is 0 Å². The van der Waals surface area contributed by atoms with Gasteiger partial charge in [0.2, 0.25) is 5.91 Å². The van der Waals surface area contributed by atoms with Gasteiger partial charge in [0.1, 0.15) is 6.04 Å². The molecule has 0 aliphatic carbocycles. The van der Waals surface area contributed by atoms with Gasteiger partial charge in [0.25, 0.3) is 5.24 Å². The van der Waals surface area contributed by atoms with Crippen molar-refractivity contribution in [2.45, 2.75) is 19.4 Å². The third kappa shape index (κ3) is 3.73. The number of thioether (sulfide) groups is 1. The first-order valence-corrected chi connectivity index (χ1v) is 5.93. The summed E-state index contributed by atoms with van der Waals surface area (Å²) in [5, 5.41) is 10.9. The fourth-order valence-electron chi connectivity index (χ4n) is 1.24. The molecule has 90 valence electrons. The summed E-state index contributed by atoms with van der Waals surface area (Å²) in [4.78, 5) is 34.5. The van der Waals surface area contributed by atoms with Crippen LogP contribution < -0.4 is 5.32 Å². The van der Waals surface area contributed by atoms with E-state index in [1.165, 1.54) is 18.7 Å². The van der Waals surface area contributed by atoms with Crippen LogP contribution in [0.3, 0.4) is 0 Å². The molecule has 1 aliphatic rings. The quantitative estimate of drug-likeness (QED) is 0.720. The second kappa shape index (κ2) is 5.74. The Morgan fingerprint density at radius 2 is 2.31 bits per heavy atom. The van der Waals surface area contributed by atoms with Crippen LogP contribution in [0.1, 0.15) is 13.3 Å². The van der Waals surface area contributed by atoms with E-state index in [-0.39, 0.29) is 17.6 Å². The van der Waals surface area contributed by atoms with E-state index >= 15 is 0 Å². The van der Waals surface area contributed by atoms with Crippen molar-refractivity contribution >= 4 is 28.9 Å². The summed E-state index contributed by atoms with van der Waals surface area (Å²) >= 11 is 1.24. The molecule has 0 aromatic heterocycles. The minimum absolute atomic E-state index is 0.0147. The number of hydrogen-bond donors (Lipinski definition) is 2.